The van der Waals surface area contributed by atoms with Crippen molar-refractivity contribution >= 4 is 45.0 Å². The summed E-state index contributed by atoms with van der Waals surface area (Å²) in [6.45, 7) is 3.17. The molecule has 0 spiro atoms. The molecule has 0 amide bonds. The molecule has 7 nitrogen and oxygen atoms in total. The Morgan fingerprint density at radius 2 is 1.76 bits per heavy atom. The first kappa shape index (κ1) is 33.1. The Morgan fingerprint density at radius 3 is 2.51 bits per heavy atom. The van der Waals surface area contributed by atoms with Crippen LogP contribution >= 0.6 is 23.2 Å². The third-order valence-electron chi connectivity index (χ3n) is 8.05. The Balaban J connectivity index is 0.000000182. The molecule has 2 heterocycles. The second kappa shape index (κ2) is 15.8. The number of aromatic amines is 1. The maximum Gasteiger partial charge on any atom is 0.197 e. The van der Waals surface area contributed by atoms with E-state index in [0.717, 1.165) is 47.3 Å². The lowest BCUT2D eigenvalue weighted by atomic mass is 9.77. The molecule has 0 aliphatic heterocycles. The summed E-state index contributed by atoms with van der Waals surface area (Å²) < 4.78 is 23.5. The lowest BCUT2D eigenvalue weighted by Crippen LogP contribution is -2.24. The van der Waals surface area contributed by atoms with Crippen LogP contribution in [0, 0.1) is 6.92 Å². The number of hydrogen-bond acceptors (Lipinski definition) is 6. The Labute approximate surface area is 277 Å². The van der Waals surface area contributed by atoms with Gasteiger partial charge in [-0.05, 0) is 73.8 Å². The van der Waals surface area contributed by atoms with Gasteiger partial charge in [0, 0.05) is 43.9 Å². The van der Waals surface area contributed by atoms with Gasteiger partial charge in [0.15, 0.2) is 5.16 Å². The van der Waals surface area contributed by atoms with E-state index in [4.69, 9.17) is 32.7 Å². The summed E-state index contributed by atoms with van der Waals surface area (Å²) in [5.74, 6) is 1.47. The second-order valence-corrected chi connectivity index (χ2v) is 13.1. The minimum absolute atomic E-state index is 0.293. The molecule has 0 saturated carbocycles. The fourth-order valence-corrected chi connectivity index (χ4v) is 7.05. The minimum Gasteiger partial charge on any atom is -0.493 e. The van der Waals surface area contributed by atoms with E-state index < -0.39 is 10.8 Å². The average Bonchev–Trinajstić information content (AvgIpc) is 3.51. The molecule has 2 aromatic heterocycles. The Morgan fingerprint density at radius 1 is 0.978 bits per heavy atom. The highest BCUT2D eigenvalue weighted by molar-refractivity contribution is 7.84. The number of para-hydroxylation sites is 2. The number of H-pyrrole nitrogens is 1. The fraction of sp³-hybridized carbons (Fsp3) is 0.314. The van der Waals surface area contributed by atoms with E-state index in [-0.39, 0.29) is 0 Å². The summed E-state index contributed by atoms with van der Waals surface area (Å²) in [5.41, 5.74) is 7.40. The number of halogens is 2. The van der Waals surface area contributed by atoms with Gasteiger partial charge in [0.25, 0.3) is 0 Å². The summed E-state index contributed by atoms with van der Waals surface area (Å²) in [7, 11) is 2.40. The van der Waals surface area contributed by atoms with Crippen molar-refractivity contribution < 1.29 is 13.7 Å². The van der Waals surface area contributed by atoms with E-state index in [9.17, 15) is 4.21 Å². The van der Waals surface area contributed by atoms with Crippen molar-refractivity contribution in [2.75, 3.05) is 27.4 Å². The van der Waals surface area contributed by atoms with Gasteiger partial charge < -0.3 is 19.8 Å². The van der Waals surface area contributed by atoms with Crippen LogP contribution in [-0.2, 0) is 21.3 Å². The van der Waals surface area contributed by atoms with Crippen LogP contribution < -0.4 is 10.1 Å². The van der Waals surface area contributed by atoms with Crippen molar-refractivity contribution in [3.63, 3.8) is 0 Å². The molecule has 45 heavy (non-hydrogen) atoms. The molecule has 1 unspecified atom stereocenters. The van der Waals surface area contributed by atoms with Gasteiger partial charge in [-0.1, -0.05) is 65.7 Å². The highest BCUT2D eigenvalue weighted by atomic mass is 35.5. The Kier molecular flexibility index (Phi) is 11.6. The van der Waals surface area contributed by atoms with Gasteiger partial charge in [0.05, 0.1) is 49.9 Å². The molecule has 6 rings (SSSR count). The Hall–Kier alpha value is -3.27. The molecule has 5 aromatic rings. The molecule has 3 aromatic carbocycles. The summed E-state index contributed by atoms with van der Waals surface area (Å²) in [6, 6.07) is 24.6. The third-order valence-corrected chi connectivity index (χ3v) is 9.94. The summed E-state index contributed by atoms with van der Waals surface area (Å²) in [6.07, 6.45) is 4.77. The zero-order chi connectivity index (χ0) is 31.8. The quantitative estimate of drug-likeness (QED) is 0.146. The van der Waals surface area contributed by atoms with Crippen molar-refractivity contribution in [1.82, 2.24) is 20.3 Å². The van der Waals surface area contributed by atoms with Crippen molar-refractivity contribution in [1.29, 1.82) is 0 Å². The number of ether oxygens (including phenoxy) is 2. The van der Waals surface area contributed by atoms with Crippen molar-refractivity contribution in [3.8, 4) is 5.75 Å². The van der Waals surface area contributed by atoms with Gasteiger partial charge in [-0.2, -0.15) is 0 Å². The van der Waals surface area contributed by atoms with Crippen LogP contribution in [0.1, 0.15) is 59.2 Å². The van der Waals surface area contributed by atoms with E-state index in [1.807, 2.05) is 56.4 Å². The summed E-state index contributed by atoms with van der Waals surface area (Å²) >= 11 is 12.2. The number of nitrogens with zero attached hydrogens (tertiary/aromatic N) is 2. The lowest BCUT2D eigenvalue weighted by Gasteiger charge is -2.32. The van der Waals surface area contributed by atoms with Crippen LogP contribution in [0.3, 0.4) is 0 Å². The minimum atomic E-state index is -1.30. The molecule has 1 aliphatic rings. The first-order chi connectivity index (χ1) is 21.9. The van der Waals surface area contributed by atoms with E-state index in [2.05, 4.69) is 50.6 Å². The standard InChI is InChI=1S/C18H21N3O3S.C17H17Cl2N/c1-13-16(19-9-8-17(13)24-11-5-10-23-2)12-25(22)18-20-14-6-3-4-7-15(14)21-18;1-20-17-9-7-12(13-4-2-3-5-14(13)17)11-6-8-15(18)16(19)10-11/h3-4,6-9H,5,10-12H2,1-2H3,(H,20,21);2-6,8,10,12,17,20H,7,9H2,1H3/t;12-,17-/m.0/s1. The molecule has 0 fully saturated rings. The highest BCUT2D eigenvalue weighted by Gasteiger charge is 2.27. The molecule has 2 N–H and O–H groups in total. The molecule has 10 heteroatoms. The number of methoxy groups -OCH3 is 1. The van der Waals surface area contributed by atoms with Gasteiger partial charge >= 0.3 is 0 Å². The monoisotopic (exact) mass is 664 g/mol. The van der Waals surface area contributed by atoms with Crippen molar-refractivity contribution in [3.05, 3.63) is 117 Å². The molecule has 0 bridgehead atoms. The SMILES string of the molecule is CN[C@H]1CC[C@@H](c2ccc(Cl)c(Cl)c2)c2ccccc21.COCCCOc1ccnc(CS(=O)c2nc3ccccc3[nH]2)c1C. The van der Waals surface area contributed by atoms with Crippen LogP contribution in [0.5, 0.6) is 5.75 Å². The number of aromatic nitrogens is 3. The predicted molar refractivity (Wildman–Crippen MR) is 183 cm³/mol. The molecular formula is C35H38Cl2N4O3S. The first-order valence-electron chi connectivity index (χ1n) is 15.0. The number of hydrogen-bond donors (Lipinski definition) is 2. The topological polar surface area (TPSA) is 89.1 Å². The fourth-order valence-electron chi connectivity index (χ4n) is 5.64. The highest BCUT2D eigenvalue weighted by Crippen LogP contribution is 2.42. The van der Waals surface area contributed by atoms with Crippen LogP contribution in [0.2, 0.25) is 10.0 Å². The number of pyridine rings is 1. The number of imidazole rings is 1. The molecule has 0 radical (unpaired) electrons. The predicted octanol–water partition coefficient (Wildman–Crippen LogP) is 8.17. The lowest BCUT2D eigenvalue weighted by molar-refractivity contribution is 0.172. The first-order valence-corrected chi connectivity index (χ1v) is 17.1. The molecule has 1 aliphatic carbocycles. The van der Waals surface area contributed by atoms with Crippen LogP contribution in [0.4, 0.5) is 0 Å². The van der Waals surface area contributed by atoms with Gasteiger partial charge in [-0.15, -0.1) is 0 Å². The molecule has 0 saturated heterocycles. The smallest absolute Gasteiger partial charge is 0.197 e. The maximum atomic E-state index is 12.7. The second-order valence-electron chi connectivity index (χ2n) is 10.9. The normalized spacial score (nSPS) is 16.5. The van der Waals surface area contributed by atoms with Gasteiger partial charge in [-0.3, -0.25) is 9.19 Å². The third kappa shape index (κ3) is 8.12. The molecular weight excluding hydrogens is 627 g/mol. The number of rotatable bonds is 10. The summed E-state index contributed by atoms with van der Waals surface area (Å²) in [5, 5.41) is 5.13. The van der Waals surface area contributed by atoms with Crippen LogP contribution in [-0.4, -0.2) is 46.5 Å². The number of nitrogens with one attached hydrogen (secondary N) is 2. The zero-order valence-electron chi connectivity index (χ0n) is 25.7. The number of benzene rings is 3. The molecule has 3 atom stereocenters. The Bertz CT molecular complexity index is 1730. The van der Waals surface area contributed by atoms with E-state index in [0.29, 0.717) is 46.1 Å². The van der Waals surface area contributed by atoms with Crippen molar-refractivity contribution in [2.45, 2.75) is 49.1 Å². The molecule has 236 valence electrons. The van der Waals surface area contributed by atoms with Crippen molar-refractivity contribution in [2.24, 2.45) is 0 Å². The average molecular weight is 666 g/mol. The van der Waals surface area contributed by atoms with E-state index >= 15 is 0 Å². The largest absolute Gasteiger partial charge is 0.493 e. The van der Waals surface area contributed by atoms with E-state index in [1.54, 1.807) is 13.3 Å². The van der Waals surface area contributed by atoms with Gasteiger partial charge in [0.2, 0.25) is 0 Å². The van der Waals surface area contributed by atoms with Gasteiger partial charge in [-0.25, -0.2) is 4.98 Å². The summed E-state index contributed by atoms with van der Waals surface area (Å²) in [4.78, 5) is 11.9. The van der Waals surface area contributed by atoms with Crippen LogP contribution in [0.15, 0.2) is 84.1 Å². The van der Waals surface area contributed by atoms with Crippen LogP contribution in [0.25, 0.3) is 11.0 Å². The van der Waals surface area contributed by atoms with Gasteiger partial charge in [0.1, 0.15) is 5.75 Å². The number of fused-ring (bicyclic) bond motifs is 2. The zero-order valence-corrected chi connectivity index (χ0v) is 28.0. The van der Waals surface area contributed by atoms with E-state index in [1.165, 1.54) is 16.7 Å². The maximum absolute atomic E-state index is 12.7.